The minimum atomic E-state index is -0.675. The largest absolute Gasteiger partial charge is 0.489 e. The van der Waals surface area contributed by atoms with Crippen molar-refractivity contribution in [1.29, 1.82) is 0 Å². The minimum Gasteiger partial charge on any atom is -0.489 e. The summed E-state index contributed by atoms with van der Waals surface area (Å²) < 4.78 is 18.5. The van der Waals surface area contributed by atoms with E-state index in [4.69, 9.17) is 4.74 Å². The molecule has 1 atom stereocenters. The molecule has 88 valence electrons. The molecule has 0 bridgehead atoms. The van der Waals surface area contributed by atoms with Crippen molar-refractivity contribution in [2.24, 2.45) is 0 Å². The van der Waals surface area contributed by atoms with Crippen LogP contribution in [0, 0.1) is 5.82 Å². The maximum atomic E-state index is 13.0. The van der Waals surface area contributed by atoms with Gasteiger partial charge in [-0.1, -0.05) is 13.5 Å². The van der Waals surface area contributed by atoms with E-state index in [1.165, 1.54) is 18.2 Å². The molecule has 0 aromatic heterocycles. The lowest BCUT2D eigenvalue weighted by atomic mass is 10.1. The first-order chi connectivity index (χ1) is 7.54. The van der Waals surface area contributed by atoms with Gasteiger partial charge >= 0.3 is 0 Å². The van der Waals surface area contributed by atoms with E-state index in [1.54, 1.807) is 6.92 Å². The van der Waals surface area contributed by atoms with E-state index in [2.05, 4.69) is 6.58 Å². The zero-order valence-electron chi connectivity index (χ0n) is 9.66. The Morgan fingerprint density at radius 2 is 2.25 bits per heavy atom. The summed E-state index contributed by atoms with van der Waals surface area (Å²) in [7, 11) is 0. The van der Waals surface area contributed by atoms with Crippen molar-refractivity contribution < 1.29 is 14.2 Å². The molecule has 0 unspecified atom stereocenters. The van der Waals surface area contributed by atoms with Crippen molar-refractivity contribution in [3.8, 4) is 5.75 Å². The highest BCUT2D eigenvalue weighted by molar-refractivity contribution is 5.35. The number of rotatable bonds is 5. The van der Waals surface area contributed by atoms with E-state index < -0.39 is 6.10 Å². The van der Waals surface area contributed by atoms with E-state index >= 15 is 0 Å². The van der Waals surface area contributed by atoms with E-state index in [1.807, 2.05) is 6.92 Å². The molecule has 1 N–H and O–H groups in total. The molecule has 1 aromatic rings. The van der Waals surface area contributed by atoms with Crippen LogP contribution in [-0.4, -0.2) is 11.7 Å². The summed E-state index contributed by atoms with van der Waals surface area (Å²) in [6, 6.07) is 4.12. The van der Waals surface area contributed by atoms with Crippen LogP contribution in [0.1, 0.15) is 31.9 Å². The summed E-state index contributed by atoms with van der Waals surface area (Å²) in [4.78, 5) is 0. The summed E-state index contributed by atoms with van der Waals surface area (Å²) in [6.07, 6.45) is 0.143. The maximum Gasteiger partial charge on any atom is 0.128 e. The number of aliphatic hydroxyl groups excluding tert-OH is 1. The molecule has 0 spiro atoms. The maximum absolute atomic E-state index is 13.0. The SMILES string of the molecule is C=C(CC)COc1cc(F)ccc1[C@@H](C)O. The van der Waals surface area contributed by atoms with Gasteiger partial charge < -0.3 is 9.84 Å². The third kappa shape index (κ3) is 3.35. The van der Waals surface area contributed by atoms with Crippen LogP contribution in [0.3, 0.4) is 0 Å². The van der Waals surface area contributed by atoms with Crippen molar-refractivity contribution in [3.05, 3.63) is 41.7 Å². The second kappa shape index (κ2) is 5.66. The number of halogens is 1. The van der Waals surface area contributed by atoms with Gasteiger partial charge in [-0.15, -0.1) is 0 Å². The fourth-order valence-electron chi connectivity index (χ4n) is 1.26. The van der Waals surface area contributed by atoms with Crippen molar-refractivity contribution in [3.63, 3.8) is 0 Å². The minimum absolute atomic E-state index is 0.347. The second-order valence-corrected chi connectivity index (χ2v) is 3.75. The summed E-state index contributed by atoms with van der Waals surface area (Å²) in [5, 5.41) is 9.49. The monoisotopic (exact) mass is 224 g/mol. The van der Waals surface area contributed by atoms with Gasteiger partial charge in [-0.25, -0.2) is 4.39 Å². The molecule has 0 aliphatic heterocycles. The first-order valence-corrected chi connectivity index (χ1v) is 5.31. The predicted octanol–water partition coefficient (Wildman–Crippen LogP) is 3.22. The lowest BCUT2D eigenvalue weighted by Gasteiger charge is -2.14. The molecule has 0 fully saturated rings. The van der Waals surface area contributed by atoms with Gasteiger partial charge in [0.15, 0.2) is 0 Å². The Labute approximate surface area is 95.4 Å². The number of hydrogen-bond acceptors (Lipinski definition) is 2. The molecule has 0 saturated carbocycles. The Hall–Kier alpha value is -1.35. The van der Waals surface area contributed by atoms with Gasteiger partial charge in [0.05, 0.1) is 6.10 Å². The first kappa shape index (κ1) is 12.7. The Bertz CT molecular complexity index is 372. The van der Waals surface area contributed by atoms with Crippen LogP contribution in [0.15, 0.2) is 30.4 Å². The molecular weight excluding hydrogens is 207 g/mol. The highest BCUT2D eigenvalue weighted by Crippen LogP contribution is 2.26. The fourth-order valence-corrected chi connectivity index (χ4v) is 1.26. The molecule has 0 aliphatic carbocycles. The van der Waals surface area contributed by atoms with Gasteiger partial charge in [0.25, 0.3) is 0 Å². The predicted molar refractivity (Wildman–Crippen MR) is 62.0 cm³/mol. The molecule has 0 aliphatic rings. The molecule has 0 heterocycles. The Morgan fingerprint density at radius 1 is 1.56 bits per heavy atom. The third-order valence-corrected chi connectivity index (χ3v) is 2.36. The normalized spacial score (nSPS) is 12.2. The third-order valence-electron chi connectivity index (χ3n) is 2.36. The Kier molecular flexibility index (Phi) is 4.50. The van der Waals surface area contributed by atoms with Gasteiger partial charge in [0, 0.05) is 11.6 Å². The fraction of sp³-hybridized carbons (Fsp3) is 0.385. The van der Waals surface area contributed by atoms with Gasteiger partial charge in [-0.3, -0.25) is 0 Å². The molecule has 0 amide bonds. The highest BCUT2D eigenvalue weighted by Gasteiger charge is 2.10. The summed E-state index contributed by atoms with van der Waals surface area (Å²) in [5.41, 5.74) is 1.52. The molecule has 1 aromatic carbocycles. The van der Waals surface area contributed by atoms with Crippen molar-refractivity contribution in [1.82, 2.24) is 0 Å². The molecule has 2 nitrogen and oxygen atoms in total. The Morgan fingerprint density at radius 3 is 2.81 bits per heavy atom. The molecule has 1 rings (SSSR count). The van der Waals surface area contributed by atoms with E-state index in [0.29, 0.717) is 17.9 Å². The number of ether oxygens (including phenoxy) is 1. The van der Waals surface area contributed by atoms with Crippen molar-refractivity contribution >= 4 is 0 Å². The van der Waals surface area contributed by atoms with Crippen LogP contribution in [-0.2, 0) is 0 Å². The number of aliphatic hydroxyl groups is 1. The average Bonchev–Trinajstić information content (AvgIpc) is 2.25. The topological polar surface area (TPSA) is 29.5 Å². The van der Waals surface area contributed by atoms with E-state index in [9.17, 15) is 9.50 Å². The lowest BCUT2D eigenvalue weighted by Crippen LogP contribution is -2.04. The van der Waals surface area contributed by atoms with Crippen LogP contribution in [0.2, 0.25) is 0 Å². The molecule has 0 radical (unpaired) electrons. The molecule has 3 heteroatoms. The van der Waals surface area contributed by atoms with Crippen molar-refractivity contribution in [2.45, 2.75) is 26.4 Å². The number of hydrogen-bond donors (Lipinski definition) is 1. The Balaban J connectivity index is 2.84. The van der Waals surface area contributed by atoms with Crippen LogP contribution in [0.4, 0.5) is 4.39 Å². The zero-order chi connectivity index (χ0) is 12.1. The van der Waals surface area contributed by atoms with Gasteiger partial charge in [-0.2, -0.15) is 0 Å². The van der Waals surface area contributed by atoms with Crippen LogP contribution >= 0.6 is 0 Å². The van der Waals surface area contributed by atoms with Crippen LogP contribution in [0.5, 0.6) is 5.75 Å². The van der Waals surface area contributed by atoms with E-state index in [0.717, 1.165) is 12.0 Å². The highest BCUT2D eigenvalue weighted by atomic mass is 19.1. The number of benzene rings is 1. The van der Waals surface area contributed by atoms with E-state index in [-0.39, 0.29) is 5.82 Å². The summed E-state index contributed by atoms with van der Waals surface area (Å²) in [5.74, 6) is 0.00566. The molecule has 16 heavy (non-hydrogen) atoms. The molecular formula is C13H17FO2. The average molecular weight is 224 g/mol. The van der Waals surface area contributed by atoms with Crippen LogP contribution < -0.4 is 4.74 Å². The summed E-state index contributed by atoms with van der Waals surface area (Å²) in [6.45, 7) is 7.75. The quantitative estimate of drug-likeness (QED) is 0.778. The lowest BCUT2D eigenvalue weighted by molar-refractivity contribution is 0.192. The van der Waals surface area contributed by atoms with Crippen molar-refractivity contribution in [2.75, 3.05) is 6.61 Å². The van der Waals surface area contributed by atoms with Gasteiger partial charge in [0.1, 0.15) is 18.2 Å². The smallest absolute Gasteiger partial charge is 0.128 e. The second-order valence-electron chi connectivity index (χ2n) is 3.75. The first-order valence-electron chi connectivity index (χ1n) is 5.31. The van der Waals surface area contributed by atoms with Gasteiger partial charge in [0.2, 0.25) is 0 Å². The van der Waals surface area contributed by atoms with Gasteiger partial charge in [-0.05, 0) is 31.1 Å². The standard InChI is InChI=1S/C13H17FO2/c1-4-9(2)8-16-13-7-11(14)5-6-12(13)10(3)15/h5-7,10,15H,2,4,8H2,1,3H3/t10-/m1/s1. The molecule has 0 saturated heterocycles. The summed E-state index contributed by atoms with van der Waals surface area (Å²) >= 11 is 0. The zero-order valence-corrected chi connectivity index (χ0v) is 9.66. The van der Waals surface area contributed by atoms with Crippen LogP contribution in [0.25, 0.3) is 0 Å².